The van der Waals surface area contributed by atoms with Gasteiger partial charge in [0.15, 0.2) is 11.6 Å². The van der Waals surface area contributed by atoms with Crippen LogP contribution in [0.15, 0.2) is 47.4 Å². The molecule has 3 rings (SSSR count). The average molecular weight is 463 g/mol. The van der Waals surface area contributed by atoms with Crippen molar-refractivity contribution in [3.05, 3.63) is 54.1 Å². The molecule has 0 aliphatic carbocycles. The fraction of sp³-hybridized carbons (Fsp3) is 0.364. The van der Waals surface area contributed by atoms with Gasteiger partial charge >= 0.3 is 0 Å². The van der Waals surface area contributed by atoms with Crippen LogP contribution in [-0.2, 0) is 27.8 Å². The van der Waals surface area contributed by atoms with Gasteiger partial charge in [0.2, 0.25) is 15.9 Å². The first-order valence-corrected chi connectivity index (χ1v) is 12.0. The second kappa shape index (κ2) is 10.6. The van der Waals surface area contributed by atoms with Crippen molar-refractivity contribution in [3.8, 4) is 5.75 Å². The molecule has 3 N–H and O–H groups in total. The third-order valence-electron chi connectivity index (χ3n) is 4.89. The molecule has 3 aromatic rings. The summed E-state index contributed by atoms with van der Waals surface area (Å²) in [6.45, 7) is 3.44. The molecule has 10 heteroatoms. The maximum absolute atomic E-state index is 13.5. The number of nitrogens with two attached hydrogens (primary N) is 1. The number of nitrogens with zero attached hydrogens (tertiary/aromatic N) is 2. The van der Waals surface area contributed by atoms with E-state index < -0.39 is 15.8 Å². The van der Waals surface area contributed by atoms with Crippen molar-refractivity contribution in [2.24, 2.45) is 5.14 Å². The predicted molar refractivity (Wildman–Crippen MR) is 119 cm³/mol. The van der Waals surface area contributed by atoms with E-state index in [0.29, 0.717) is 43.9 Å². The van der Waals surface area contributed by atoms with Crippen molar-refractivity contribution in [2.45, 2.75) is 44.0 Å². The number of fused-ring (bicyclic) bond motifs is 1. The molecule has 0 atom stereocenters. The van der Waals surface area contributed by atoms with Crippen LogP contribution >= 0.6 is 0 Å². The summed E-state index contributed by atoms with van der Waals surface area (Å²) < 4.78 is 44.1. The number of rotatable bonds is 11. The molecule has 0 aliphatic rings. The zero-order chi connectivity index (χ0) is 23.1. The lowest BCUT2D eigenvalue weighted by Crippen LogP contribution is -2.26. The summed E-state index contributed by atoms with van der Waals surface area (Å²) in [5, 5.41) is 8.04. The molecule has 1 heterocycles. The largest absolute Gasteiger partial charge is 0.490 e. The van der Waals surface area contributed by atoms with Gasteiger partial charge in [-0.15, -0.1) is 0 Å². The van der Waals surface area contributed by atoms with Crippen LogP contribution in [0.3, 0.4) is 0 Å². The van der Waals surface area contributed by atoms with E-state index in [1.807, 2.05) is 11.5 Å². The van der Waals surface area contributed by atoms with Crippen molar-refractivity contribution in [1.82, 2.24) is 14.9 Å². The number of carbonyl (C=O) groups excluding carboxylic acids is 1. The topological polar surface area (TPSA) is 116 Å². The van der Waals surface area contributed by atoms with Crippen LogP contribution in [0.2, 0.25) is 0 Å². The molecule has 0 spiro atoms. The molecule has 1 amide bonds. The first-order chi connectivity index (χ1) is 15.3. The van der Waals surface area contributed by atoms with Crippen LogP contribution in [0.5, 0.6) is 5.75 Å². The van der Waals surface area contributed by atoms with Crippen molar-refractivity contribution in [3.63, 3.8) is 0 Å². The molecular weight excluding hydrogens is 435 g/mol. The van der Waals surface area contributed by atoms with Gasteiger partial charge in [0, 0.05) is 25.9 Å². The summed E-state index contributed by atoms with van der Waals surface area (Å²) in [6, 6.07) is 10.8. The minimum absolute atomic E-state index is 0.00745. The van der Waals surface area contributed by atoms with E-state index in [9.17, 15) is 17.6 Å². The number of amides is 1. The normalized spacial score (nSPS) is 11.6. The number of aromatic nitrogens is 2. The van der Waals surface area contributed by atoms with E-state index >= 15 is 0 Å². The summed E-state index contributed by atoms with van der Waals surface area (Å²) in [4.78, 5) is 16.8. The van der Waals surface area contributed by atoms with Crippen molar-refractivity contribution >= 4 is 27.0 Å². The standard InChI is InChI=1S/C22H27FN4O4S/c1-2-13-27-19-9-8-16(32(24,29)30)15-18(19)26-21(27)10-11-22(28)25-12-5-14-31-20-7-4-3-6-17(20)23/h3-4,6-9,15H,2,5,10-14H2,1H3,(H,25,28)(H2,24,29,30). The van der Waals surface area contributed by atoms with Crippen molar-refractivity contribution in [1.29, 1.82) is 0 Å². The van der Waals surface area contributed by atoms with Crippen LogP contribution in [0, 0.1) is 5.82 Å². The van der Waals surface area contributed by atoms with E-state index in [1.165, 1.54) is 18.2 Å². The van der Waals surface area contributed by atoms with Gasteiger partial charge in [0.05, 0.1) is 22.5 Å². The number of carbonyl (C=O) groups is 1. The van der Waals surface area contributed by atoms with Gasteiger partial charge in [-0.1, -0.05) is 19.1 Å². The third kappa shape index (κ3) is 6.04. The van der Waals surface area contributed by atoms with E-state index in [2.05, 4.69) is 10.3 Å². The molecule has 0 saturated heterocycles. The van der Waals surface area contributed by atoms with Crippen LogP contribution in [-0.4, -0.2) is 37.0 Å². The molecule has 0 fully saturated rings. The Morgan fingerprint density at radius 1 is 1.25 bits per heavy atom. The average Bonchev–Trinajstić information content (AvgIpc) is 3.10. The van der Waals surface area contributed by atoms with E-state index in [4.69, 9.17) is 9.88 Å². The van der Waals surface area contributed by atoms with Gasteiger partial charge in [-0.2, -0.15) is 0 Å². The lowest BCUT2D eigenvalue weighted by Gasteiger charge is -2.09. The number of para-hydroxylation sites is 1. The first-order valence-electron chi connectivity index (χ1n) is 10.5. The summed E-state index contributed by atoms with van der Waals surface area (Å²) in [5.41, 5.74) is 1.34. The first kappa shape index (κ1) is 23.7. The number of imidazole rings is 1. The number of halogens is 1. The Morgan fingerprint density at radius 3 is 2.75 bits per heavy atom. The molecule has 0 bridgehead atoms. The third-order valence-corrected chi connectivity index (χ3v) is 5.80. The maximum Gasteiger partial charge on any atom is 0.238 e. The number of sulfonamides is 1. The van der Waals surface area contributed by atoms with Crippen LogP contribution in [0.4, 0.5) is 4.39 Å². The number of primary sulfonamides is 1. The monoisotopic (exact) mass is 462 g/mol. The molecular formula is C22H27FN4O4S. The van der Waals surface area contributed by atoms with E-state index in [0.717, 1.165) is 11.9 Å². The van der Waals surface area contributed by atoms with Gasteiger partial charge in [-0.25, -0.2) is 22.9 Å². The van der Waals surface area contributed by atoms with Gasteiger partial charge in [0.1, 0.15) is 5.82 Å². The SMILES string of the molecule is CCCn1c(CCC(=O)NCCCOc2ccccc2F)nc2cc(S(N)(=O)=O)ccc21. The number of ether oxygens (including phenoxy) is 1. The highest BCUT2D eigenvalue weighted by Crippen LogP contribution is 2.21. The highest BCUT2D eigenvalue weighted by molar-refractivity contribution is 7.89. The number of hydrogen-bond acceptors (Lipinski definition) is 5. The number of nitrogens with one attached hydrogen (secondary N) is 1. The van der Waals surface area contributed by atoms with Gasteiger partial charge in [0.25, 0.3) is 0 Å². The highest BCUT2D eigenvalue weighted by atomic mass is 32.2. The van der Waals surface area contributed by atoms with Crippen LogP contribution in [0.1, 0.15) is 32.0 Å². The zero-order valence-corrected chi connectivity index (χ0v) is 18.7. The Labute approximate surface area is 186 Å². The number of benzene rings is 2. The number of aryl methyl sites for hydroxylation is 2. The van der Waals surface area contributed by atoms with Gasteiger partial charge < -0.3 is 14.6 Å². The fourth-order valence-electron chi connectivity index (χ4n) is 3.36. The second-order valence-electron chi connectivity index (χ2n) is 7.36. The lowest BCUT2D eigenvalue weighted by atomic mass is 10.2. The second-order valence-corrected chi connectivity index (χ2v) is 8.92. The Hall–Kier alpha value is -2.98. The quantitative estimate of drug-likeness (QED) is 0.425. The van der Waals surface area contributed by atoms with Crippen molar-refractivity contribution in [2.75, 3.05) is 13.2 Å². The summed E-state index contributed by atoms with van der Waals surface area (Å²) in [7, 11) is -3.82. The Balaban J connectivity index is 1.53. The van der Waals surface area contributed by atoms with Gasteiger partial charge in [-0.05, 0) is 43.2 Å². The summed E-state index contributed by atoms with van der Waals surface area (Å²) >= 11 is 0. The molecule has 1 aromatic heterocycles. The molecule has 8 nitrogen and oxygen atoms in total. The summed E-state index contributed by atoms with van der Waals surface area (Å²) in [5.74, 6) is 0.365. The molecule has 0 radical (unpaired) electrons. The Morgan fingerprint density at radius 2 is 2.03 bits per heavy atom. The number of hydrogen-bond donors (Lipinski definition) is 2. The van der Waals surface area contributed by atoms with E-state index in [1.54, 1.807) is 24.3 Å². The minimum atomic E-state index is -3.82. The van der Waals surface area contributed by atoms with Crippen LogP contribution < -0.4 is 15.2 Å². The highest BCUT2D eigenvalue weighted by Gasteiger charge is 2.15. The molecule has 0 aliphatic heterocycles. The Kier molecular flexibility index (Phi) is 7.81. The van der Waals surface area contributed by atoms with Crippen LogP contribution in [0.25, 0.3) is 11.0 Å². The van der Waals surface area contributed by atoms with Gasteiger partial charge in [-0.3, -0.25) is 4.79 Å². The molecule has 172 valence electrons. The molecule has 32 heavy (non-hydrogen) atoms. The maximum atomic E-state index is 13.5. The zero-order valence-electron chi connectivity index (χ0n) is 17.9. The minimum Gasteiger partial charge on any atom is -0.490 e. The predicted octanol–water partition coefficient (Wildman–Crippen LogP) is 2.75. The van der Waals surface area contributed by atoms with Crippen molar-refractivity contribution < 1.29 is 22.3 Å². The Bertz CT molecular complexity index is 1190. The molecule has 0 unspecified atom stereocenters. The van der Waals surface area contributed by atoms with E-state index in [-0.39, 0.29) is 23.0 Å². The molecule has 0 saturated carbocycles. The summed E-state index contributed by atoms with van der Waals surface area (Å²) in [6.07, 6.45) is 2.06. The smallest absolute Gasteiger partial charge is 0.238 e. The fourth-order valence-corrected chi connectivity index (χ4v) is 3.89. The lowest BCUT2D eigenvalue weighted by molar-refractivity contribution is -0.121. The molecule has 2 aromatic carbocycles.